The van der Waals surface area contributed by atoms with Crippen LogP contribution >= 0.6 is 11.3 Å². The van der Waals surface area contributed by atoms with E-state index < -0.39 is 5.82 Å². The number of hydrogen-bond acceptors (Lipinski definition) is 7. The molecule has 7 rings (SSSR count). The molecule has 0 saturated heterocycles. The van der Waals surface area contributed by atoms with Gasteiger partial charge in [0.05, 0.1) is 40.7 Å². The van der Waals surface area contributed by atoms with E-state index in [2.05, 4.69) is 40.4 Å². The van der Waals surface area contributed by atoms with E-state index in [0.29, 0.717) is 49.6 Å². The minimum absolute atomic E-state index is 0.0333. The van der Waals surface area contributed by atoms with Gasteiger partial charge in [0.2, 0.25) is 0 Å². The maximum Gasteiger partial charge on any atom is 0.255 e. The van der Waals surface area contributed by atoms with Gasteiger partial charge in [-0.05, 0) is 30.3 Å². The van der Waals surface area contributed by atoms with Crippen molar-refractivity contribution in [3.63, 3.8) is 0 Å². The van der Waals surface area contributed by atoms with Crippen molar-refractivity contribution in [2.45, 2.75) is 0 Å². The van der Waals surface area contributed by atoms with Crippen molar-refractivity contribution in [1.82, 2.24) is 35.1 Å². The number of pyridine rings is 3. The fraction of sp³-hybridized carbons (Fsp3) is 0. The number of fused-ring (bicyclic) bond motifs is 2. The SMILES string of the molecule is O=C(Nc1cncc(-c2ncc3[nH]nc(-c4nc5c(-c6ccc(F)s6)cncc5[nH]4)c3c2F)c1)c1ccccc1. The van der Waals surface area contributed by atoms with Gasteiger partial charge < -0.3 is 10.3 Å². The van der Waals surface area contributed by atoms with Gasteiger partial charge in [-0.3, -0.25) is 24.8 Å². The number of H-pyrrole nitrogens is 2. The molecular weight excluding hydrogens is 534 g/mol. The molecule has 1 aromatic carbocycles. The van der Waals surface area contributed by atoms with Crippen molar-refractivity contribution in [1.29, 1.82) is 0 Å². The molecule has 0 radical (unpaired) electrons. The fourth-order valence-corrected chi connectivity index (χ4v) is 5.20. The zero-order valence-electron chi connectivity index (χ0n) is 20.3. The summed E-state index contributed by atoms with van der Waals surface area (Å²) in [7, 11) is 0. The third-order valence-corrected chi connectivity index (χ3v) is 7.21. The number of nitrogens with zero attached hydrogens (tertiary/aromatic N) is 5. The number of halogens is 2. The maximum atomic E-state index is 16.1. The Morgan fingerprint density at radius 1 is 0.900 bits per heavy atom. The number of anilines is 1. The molecule has 0 aliphatic carbocycles. The number of carbonyl (C=O) groups is 1. The molecule has 0 aliphatic heterocycles. The molecule has 0 spiro atoms. The van der Waals surface area contributed by atoms with Crippen LogP contribution < -0.4 is 5.32 Å². The van der Waals surface area contributed by atoms with E-state index in [-0.39, 0.29) is 27.8 Å². The molecule has 0 bridgehead atoms. The van der Waals surface area contributed by atoms with E-state index in [0.717, 1.165) is 11.3 Å². The van der Waals surface area contributed by atoms with Gasteiger partial charge in [0.15, 0.2) is 16.8 Å². The average molecular weight is 551 g/mol. The molecule has 1 amide bonds. The molecule has 40 heavy (non-hydrogen) atoms. The lowest BCUT2D eigenvalue weighted by Crippen LogP contribution is -2.11. The van der Waals surface area contributed by atoms with Gasteiger partial charge in [-0.2, -0.15) is 9.49 Å². The zero-order chi connectivity index (χ0) is 27.2. The summed E-state index contributed by atoms with van der Waals surface area (Å²) < 4.78 is 29.8. The molecule has 3 N–H and O–H groups in total. The minimum Gasteiger partial charge on any atom is -0.335 e. The van der Waals surface area contributed by atoms with E-state index in [4.69, 9.17) is 0 Å². The van der Waals surface area contributed by atoms with Crippen LogP contribution in [0.1, 0.15) is 10.4 Å². The molecule has 0 unspecified atom stereocenters. The van der Waals surface area contributed by atoms with Gasteiger partial charge in [-0.15, -0.1) is 11.3 Å². The van der Waals surface area contributed by atoms with Crippen LogP contribution in [-0.4, -0.2) is 41.0 Å². The zero-order valence-corrected chi connectivity index (χ0v) is 21.1. The first-order chi connectivity index (χ1) is 19.5. The van der Waals surface area contributed by atoms with Crippen LogP contribution in [0.2, 0.25) is 0 Å². The third kappa shape index (κ3) is 4.07. The Balaban J connectivity index is 1.28. The van der Waals surface area contributed by atoms with Crippen molar-refractivity contribution in [3.8, 4) is 33.2 Å². The number of nitrogens with one attached hydrogen (secondary N) is 3. The molecule has 0 saturated carbocycles. The molecule has 9 nitrogen and oxygen atoms in total. The number of benzene rings is 1. The van der Waals surface area contributed by atoms with Crippen molar-refractivity contribution in [2.24, 2.45) is 0 Å². The van der Waals surface area contributed by atoms with Crippen molar-refractivity contribution >= 4 is 44.9 Å². The van der Waals surface area contributed by atoms with Gasteiger partial charge in [-0.1, -0.05) is 18.2 Å². The highest BCUT2D eigenvalue weighted by Gasteiger charge is 2.22. The van der Waals surface area contributed by atoms with Gasteiger partial charge in [0.25, 0.3) is 5.91 Å². The fourth-order valence-electron chi connectivity index (χ4n) is 4.46. The van der Waals surface area contributed by atoms with Crippen LogP contribution in [0.25, 0.3) is 55.2 Å². The van der Waals surface area contributed by atoms with E-state index in [1.807, 2.05) is 6.07 Å². The molecule has 6 aromatic heterocycles. The van der Waals surface area contributed by atoms with E-state index >= 15 is 4.39 Å². The number of aromatic nitrogens is 7. The minimum atomic E-state index is -0.631. The summed E-state index contributed by atoms with van der Waals surface area (Å²) >= 11 is 0.988. The topological polar surface area (TPSA) is 125 Å². The van der Waals surface area contributed by atoms with Crippen LogP contribution in [0.5, 0.6) is 0 Å². The lowest BCUT2D eigenvalue weighted by molar-refractivity contribution is 0.102. The largest absolute Gasteiger partial charge is 0.335 e. The first kappa shape index (κ1) is 23.7. The summed E-state index contributed by atoms with van der Waals surface area (Å²) in [5, 5.41) is 9.75. The maximum absolute atomic E-state index is 16.1. The molecule has 0 atom stereocenters. The highest BCUT2D eigenvalue weighted by molar-refractivity contribution is 7.14. The predicted molar refractivity (Wildman–Crippen MR) is 148 cm³/mol. The summed E-state index contributed by atoms with van der Waals surface area (Å²) in [4.78, 5) is 33.8. The Morgan fingerprint density at radius 3 is 2.58 bits per heavy atom. The number of amides is 1. The molecule has 7 aromatic rings. The highest BCUT2D eigenvalue weighted by Crippen LogP contribution is 2.36. The van der Waals surface area contributed by atoms with Gasteiger partial charge in [-0.25, -0.2) is 9.37 Å². The monoisotopic (exact) mass is 550 g/mol. The smallest absolute Gasteiger partial charge is 0.255 e. The van der Waals surface area contributed by atoms with Gasteiger partial charge >= 0.3 is 0 Å². The number of imidazole rings is 1. The second kappa shape index (κ2) is 9.43. The van der Waals surface area contributed by atoms with E-state index in [1.54, 1.807) is 48.8 Å². The quantitative estimate of drug-likeness (QED) is 0.234. The standard InChI is InChI=1S/C28H16F2N8OS/c29-21-7-6-20(40-21)17-11-32-12-19-25(17)36-27(35-19)26-22-18(37-38-26)13-33-24(23(22)30)15-8-16(10-31-9-15)34-28(39)14-4-2-1-3-5-14/h1-13H,(H,34,39)(H,35,36)(H,37,38). The van der Waals surface area contributed by atoms with Gasteiger partial charge in [0, 0.05) is 34.0 Å². The predicted octanol–water partition coefficient (Wildman–Crippen LogP) is 6.22. The van der Waals surface area contributed by atoms with E-state index in [1.165, 1.54) is 24.7 Å². The van der Waals surface area contributed by atoms with Crippen molar-refractivity contribution in [2.75, 3.05) is 5.32 Å². The van der Waals surface area contributed by atoms with E-state index in [9.17, 15) is 9.18 Å². The summed E-state index contributed by atoms with van der Waals surface area (Å²) in [5.74, 6) is -0.635. The molecule has 6 heterocycles. The van der Waals surface area contributed by atoms with Crippen molar-refractivity contribution in [3.05, 3.63) is 96.0 Å². The summed E-state index contributed by atoms with van der Waals surface area (Å²) in [6.45, 7) is 0. The average Bonchev–Trinajstić information content (AvgIpc) is 3.72. The first-order valence-corrected chi connectivity index (χ1v) is 12.8. The molecule has 0 aliphatic rings. The van der Waals surface area contributed by atoms with Crippen LogP contribution in [0, 0.1) is 10.9 Å². The summed E-state index contributed by atoms with van der Waals surface area (Å²) in [6, 6.07) is 13.4. The summed E-state index contributed by atoms with van der Waals surface area (Å²) in [5.41, 5.74) is 3.70. The van der Waals surface area contributed by atoms with Crippen LogP contribution in [0.3, 0.4) is 0 Å². The van der Waals surface area contributed by atoms with Crippen LogP contribution in [-0.2, 0) is 0 Å². The first-order valence-electron chi connectivity index (χ1n) is 12.0. The molecular formula is C28H16F2N8OS. The van der Waals surface area contributed by atoms with Crippen molar-refractivity contribution < 1.29 is 13.6 Å². The van der Waals surface area contributed by atoms with Crippen LogP contribution in [0.15, 0.2) is 79.5 Å². The van der Waals surface area contributed by atoms with Crippen LogP contribution in [0.4, 0.5) is 14.5 Å². The number of hydrogen-bond donors (Lipinski definition) is 3. The number of carbonyl (C=O) groups excluding carboxylic acids is 1. The highest BCUT2D eigenvalue weighted by atomic mass is 32.1. The number of thiophene rings is 1. The summed E-state index contributed by atoms with van der Waals surface area (Å²) in [6.07, 6.45) is 7.62. The Kier molecular flexibility index (Phi) is 5.60. The lowest BCUT2D eigenvalue weighted by Gasteiger charge is -2.08. The lowest BCUT2D eigenvalue weighted by atomic mass is 10.1. The van der Waals surface area contributed by atoms with Gasteiger partial charge in [0.1, 0.15) is 16.9 Å². The molecule has 194 valence electrons. The second-order valence-electron chi connectivity index (χ2n) is 8.84. The third-order valence-electron chi connectivity index (χ3n) is 6.31. The Labute approximate surface area is 228 Å². The number of rotatable bonds is 5. The normalized spacial score (nSPS) is 11.3. The molecule has 0 fully saturated rings. The number of aromatic amines is 2. The molecule has 12 heteroatoms. The Hall–Kier alpha value is -5.36. The second-order valence-corrected chi connectivity index (χ2v) is 9.87. The Morgan fingerprint density at radius 2 is 1.75 bits per heavy atom. The Bertz CT molecular complexity index is 2050.